The zero-order valence-corrected chi connectivity index (χ0v) is 17.2. The molecule has 0 saturated heterocycles. The molecule has 1 aliphatic rings. The molecule has 2 N–H and O–H groups in total. The highest BCUT2D eigenvalue weighted by Crippen LogP contribution is 2.25. The number of aryl methyl sites for hydroxylation is 3. The number of aromatic amines is 1. The van der Waals surface area contributed by atoms with E-state index in [0.29, 0.717) is 18.7 Å². The number of hydrazone groups is 1. The third kappa shape index (κ3) is 4.25. The van der Waals surface area contributed by atoms with E-state index in [-0.39, 0.29) is 18.2 Å². The Labute approximate surface area is 175 Å². The van der Waals surface area contributed by atoms with Crippen molar-refractivity contribution in [1.82, 2.24) is 15.3 Å². The van der Waals surface area contributed by atoms with Crippen LogP contribution in [0.3, 0.4) is 0 Å². The quantitative estimate of drug-likeness (QED) is 0.618. The van der Waals surface area contributed by atoms with E-state index < -0.39 is 0 Å². The van der Waals surface area contributed by atoms with Gasteiger partial charge in [0.15, 0.2) is 0 Å². The molecule has 0 atom stereocenters. The number of H-pyrrole nitrogens is 1. The highest BCUT2D eigenvalue weighted by Gasteiger charge is 2.26. The Morgan fingerprint density at radius 3 is 2.83 bits per heavy atom. The molecule has 2 aromatic carbocycles. The van der Waals surface area contributed by atoms with Crippen molar-refractivity contribution < 1.29 is 9.59 Å². The second-order valence-corrected chi connectivity index (χ2v) is 7.60. The average molecular weight is 403 g/mol. The van der Waals surface area contributed by atoms with E-state index in [9.17, 15) is 9.59 Å². The lowest BCUT2D eigenvalue weighted by atomic mass is 10.1. The van der Waals surface area contributed by atoms with Crippen LogP contribution in [0, 0.1) is 13.8 Å². The van der Waals surface area contributed by atoms with Gasteiger partial charge in [-0.15, -0.1) is 0 Å². The van der Waals surface area contributed by atoms with Gasteiger partial charge in [-0.05, 0) is 49.6 Å². The second kappa shape index (κ2) is 8.49. The fraction of sp³-hybridized carbons (Fsp3) is 0.304. The first kappa shape index (κ1) is 19.8. The Kier molecular flexibility index (Phi) is 5.61. The van der Waals surface area contributed by atoms with Gasteiger partial charge in [0.1, 0.15) is 11.5 Å². The number of rotatable bonds is 6. The Bertz CT molecular complexity index is 1100. The van der Waals surface area contributed by atoms with Crippen molar-refractivity contribution in [2.24, 2.45) is 5.10 Å². The molecule has 7 nitrogen and oxygen atoms in total. The summed E-state index contributed by atoms with van der Waals surface area (Å²) in [7, 11) is 0. The van der Waals surface area contributed by atoms with Gasteiger partial charge < -0.3 is 10.3 Å². The molecule has 0 bridgehead atoms. The third-order valence-electron chi connectivity index (χ3n) is 5.20. The lowest BCUT2D eigenvalue weighted by molar-refractivity contribution is -0.119. The molecule has 4 rings (SSSR count). The van der Waals surface area contributed by atoms with Gasteiger partial charge in [0.25, 0.3) is 5.91 Å². The summed E-state index contributed by atoms with van der Waals surface area (Å²) >= 11 is 0. The summed E-state index contributed by atoms with van der Waals surface area (Å²) in [5.74, 6) is 0.597. The van der Waals surface area contributed by atoms with Crippen LogP contribution in [0.15, 0.2) is 47.6 Å². The first-order valence-electron chi connectivity index (χ1n) is 10.2. The molecule has 1 aromatic heterocycles. The number of carbonyl (C=O) groups excluding carboxylic acids is 2. The van der Waals surface area contributed by atoms with Crippen molar-refractivity contribution in [3.05, 3.63) is 59.4 Å². The zero-order valence-electron chi connectivity index (χ0n) is 17.2. The van der Waals surface area contributed by atoms with Crippen LogP contribution in [0.25, 0.3) is 11.0 Å². The minimum absolute atomic E-state index is 0.0925. The van der Waals surface area contributed by atoms with Gasteiger partial charge in [0.2, 0.25) is 5.91 Å². The number of imidazole rings is 1. The predicted molar refractivity (Wildman–Crippen MR) is 117 cm³/mol. The first-order chi connectivity index (χ1) is 14.5. The van der Waals surface area contributed by atoms with Crippen LogP contribution in [0.4, 0.5) is 5.69 Å². The Morgan fingerprint density at radius 2 is 2.00 bits per heavy atom. The van der Waals surface area contributed by atoms with Crippen molar-refractivity contribution >= 4 is 34.2 Å². The van der Waals surface area contributed by atoms with Crippen molar-refractivity contribution in [3.63, 3.8) is 0 Å². The standard InChI is InChI=1S/C23H25N5O2/c1-15-9-10-16(2)20(14-15)28-22(29)12-11-19(27-28)23(30)24-13-5-8-21-25-17-6-3-4-7-18(17)26-21/h3-4,6-7,9-10,14H,5,8,11-13H2,1-2H3,(H,24,30)(H,25,26). The van der Waals surface area contributed by atoms with E-state index in [1.807, 2.05) is 56.3 Å². The molecule has 0 radical (unpaired) electrons. The number of hydrogen-bond acceptors (Lipinski definition) is 4. The van der Waals surface area contributed by atoms with Crippen LogP contribution in [-0.2, 0) is 16.0 Å². The molecule has 2 heterocycles. The molecule has 154 valence electrons. The maximum atomic E-state index is 12.6. The minimum Gasteiger partial charge on any atom is -0.351 e. The average Bonchev–Trinajstić information content (AvgIpc) is 3.16. The fourth-order valence-corrected chi connectivity index (χ4v) is 3.54. The van der Waals surface area contributed by atoms with Crippen LogP contribution < -0.4 is 10.3 Å². The van der Waals surface area contributed by atoms with Crippen LogP contribution in [-0.4, -0.2) is 34.0 Å². The number of anilines is 1. The largest absolute Gasteiger partial charge is 0.351 e. The summed E-state index contributed by atoms with van der Waals surface area (Å²) in [6.07, 6.45) is 2.14. The van der Waals surface area contributed by atoms with Gasteiger partial charge in [0, 0.05) is 25.8 Å². The monoisotopic (exact) mass is 403 g/mol. The van der Waals surface area contributed by atoms with Crippen LogP contribution in [0.2, 0.25) is 0 Å². The highest BCUT2D eigenvalue weighted by molar-refractivity contribution is 6.40. The topological polar surface area (TPSA) is 90.4 Å². The summed E-state index contributed by atoms with van der Waals surface area (Å²) < 4.78 is 0. The number of para-hydroxylation sites is 2. The maximum Gasteiger partial charge on any atom is 0.267 e. The molecular formula is C23H25N5O2. The summed E-state index contributed by atoms with van der Waals surface area (Å²) in [6, 6.07) is 13.8. The van der Waals surface area contributed by atoms with Crippen LogP contribution in [0.5, 0.6) is 0 Å². The summed E-state index contributed by atoms with van der Waals surface area (Å²) in [4.78, 5) is 32.8. The first-order valence-corrected chi connectivity index (χ1v) is 10.2. The van der Waals surface area contributed by atoms with Gasteiger partial charge in [0.05, 0.1) is 16.7 Å². The number of hydrogen-bond donors (Lipinski definition) is 2. The van der Waals surface area contributed by atoms with Gasteiger partial charge in [-0.2, -0.15) is 5.10 Å². The number of carbonyl (C=O) groups is 2. The molecule has 1 aliphatic heterocycles. The molecular weight excluding hydrogens is 378 g/mol. The van der Waals surface area contributed by atoms with E-state index >= 15 is 0 Å². The zero-order chi connectivity index (χ0) is 21.1. The molecule has 0 saturated carbocycles. The Hall–Kier alpha value is -3.48. The van der Waals surface area contributed by atoms with E-state index in [2.05, 4.69) is 20.4 Å². The van der Waals surface area contributed by atoms with Gasteiger partial charge in [-0.25, -0.2) is 9.99 Å². The highest BCUT2D eigenvalue weighted by atomic mass is 16.2. The lowest BCUT2D eigenvalue weighted by Gasteiger charge is -2.24. The number of amides is 2. The van der Waals surface area contributed by atoms with E-state index in [1.165, 1.54) is 5.01 Å². The third-order valence-corrected chi connectivity index (χ3v) is 5.20. The van der Waals surface area contributed by atoms with Gasteiger partial charge in [-0.1, -0.05) is 24.3 Å². The molecule has 0 fully saturated rings. The van der Waals surface area contributed by atoms with Crippen LogP contribution >= 0.6 is 0 Å². The predicted octanol–water partition coefficient (Wildman–Crippen LogP) is 3.41. The van der Waals surface area contributed by atoms with Crippen LogP contribution in [0.1, 0.15) is 36.2 Å². The molecule has 0 aliphatic carbocycles. The maximum absolute atomic E-state index is 12.6. The van der Waals surface area contributed by atoms with Crippen molar-refractivity contribution in [2.75, 3.05) is 11.6 Å². The molecule has 7 heteroatoms. The molecule has 30 heavy (non-hydrogen) atoms. The minimum atomic E-state index is -0.220. The number of benzene rings is 2. The molecule has 0 unspecified atom stereocenters. The van der Waals surface area contributed by atoms with Crippen molar-refractivity contribution in [2.45, 2.75) is 39.5 Å². The van der Waals surface area contributed by atoms with Crippen molar-refractivity contribution in [3.8, 4) is 0 Å². The van der Waals surface area contributed by atoms with E-state index in [0.717, 1.165) is 46.5 Å². The summed E-state index contributed by atoms with van der Waals surface area (Å²) in [5.41, 5.74) is 5.08. The van der Waals surface area contributed by atoms with Gasteiger partial charge >= 0.3 is 0 Å². The lowest BCUT2D eigenvalue weighted by Crippen LogP contribution is -2.39. The fourth-order valence-electron chi connectivity index (χ4n) is 3.54. The number of nitrogens with one attached hydrogen (secondary N) is 2. The normalized spacial score (nSPS) is 14.1. The summed E-state index contributed by atoms with van der Waals surface area (Å²) in [5, 5.41) is 8.66. The Morgan fingerprint density at radius 1 is 1.17 bits per heavy atom. The SMILES string of the molecule is Cc1ccc(C)c(N2N=C(C(=O)NCCCc3nc4ccccc4[nH]3)CCC2=O)c1. The van der Waals surface area contributed by atoms with Gasteiger partial charge in [-0.3, -0.25) is 9.59 Å². The number of nitrogens with zero attached hydrogens (tertiary/aromatic N) is 3. The van der Waals surface area contributed by atoms with E-state index in [1.54, 1.807) is 0 Å². The smallest absolute Gasteiger partial charge is 0.267 e. The molecule has 2 amide bonds. The second-order valence-electron chi connectivity index (χ2n) is 7.60. The molecule has 0 spiro atoms. The number of fused-ring (bicyclic) bond motifs is 1. The number of aromatic nitrogens is 2. The Balaban J connectivity index is 1.36. The van der Waals surface area contributed by atoms with Crippen molar-refractivity contribution in [1.29, 1.82) is 0 Å². The molecule has 3 aromatic rings. The van der Waals surface area contributed by atoms with E-state index in [4.69, 9.17) is 0 Å². The summed E-state index contributed by atoms with van der Waals surface area (Å²) in [6.45, 7) is 4.42.